The number of benzene rings is 1. The zero-order valence-corrected chi connectivity index (χ0v) is 20.1. The molecule has 164 valence electrons. The molecule has 1 fully saturated rings. The summed E-state index contributed by atoms with van der Waals surface area (Å²) in [5.41, 5.74) is 1.19. The van der Waals surface area contributed by atoms with Crippen LogP contribution >= 0.6 is 24.0 Å². The maximum absolute atomic E-state index is 11.8. The number of hydrogen-bond donors (Lipinski definition) is 2. The number of halogens is 1. The van der Waals surface area contributed by atoms with Crippen molar-refractivity contribution in [2.75, 3.05) is 39.9 Å². The van der Waals surface area contributed by atoms with E-state index in [9.17, 15) is 4.79 Å². The lowest BCUT2D eigenvalue weighted by molar-refractivity contribution is 0.0929. The normalized spacial score (nSPS) is 16.0. The number of guanidine groups is 1. The summed E-state index contributed by atoms with van der Waals surface area (Å²) in [7, 11) is 1.78. The first kappa shape index (κ1) is 25.5. The van der Waals surface area contributed by atoms with E-state index in [0.29, 0.717) is 44.9 Å². The van der Waals surface area contributed by atoms with Gasteiger partial charge in [0.2, 0.25) is 0 Å². The van der Waals surface area contributed by atoms with Crippen molar-refractivity contribution in [3.63, 3.8) is 0 Å². The van der Waals surface area contributed by atoms with Crippen molar-refractivity contribution in [2.45, 2.75) is 39.3 Å². The van der Waals surface area contributed by atoms with Crippen LogP contribution in [0.15, 0.2) is 35.3 Å². The fraction of sp³-hybridized carbons (Fsp3) is 0.619. The van der Waals surface area contributed by atoms with E-state index in [1.807, 2.05) is 25.1 Å². The zero-order chi connectivity index (χ0) is 20.2. The molecule has 0 radical (unpaired) electrons. The van der Waals surface area contributed by atoms with E-state index in [0.717, 1.165) is 25.3 Å². The smallest absolute Gasteiger partial charge is 0.409 e. The quantitative estimate of drug-likeness (QED) is 0.314. The van der Waals surface area contributed by atoms with Gasteiger partial charge in [-0.05, 0) is 31.2 Å². The minimum atomic E-state index is -0.215. The average Bonchev–Trinajstić information content (AvgIpc) is 2.72. The van der Waals surface area contributed by atoms with Gasteiger partial charge in [0, 0.05) is 32.7 Å². The molecule has 0 aliphatic carbocycles. The molecule has 1 aliphatic rings. The van der Waals surface area contributed by atoms with Crippen LogP contribution < -0.4 is 10.6 Å². The number of aliphatic imine (C=N–C) groups is 1. The molecule has 2 rings (SSSR count). The van der Waals surface area contributed by atoms with Crippen LogP contribution in [0, 0.1) is 5.92 Å². The van der Waals surface area contributed by atoms with Gasteiger partial charge in [0.05, 0.1) is 19.8 Å². The summed E-state index contributed by atoms with van der Waals surface area (Å²) in [4.78, 5) is 17.9. The Bertz CT molecular complexity index is 607. The molecule has 0 bridgehead atoms. The van der Waals surface area contributed by atoms with Crippen LogP contribution in [-0.2, 0) is 16.1 Å². The molecule has 0 spiro atoms. The van der Waals surface area contributed by atoms with Crippen molar-refractivity contribution in [3.05, 3.63) is 35.9 Å². The maximum Gasteiger partial charge on any atom is 0.409 e. The SMILES string of the molecule is CCOC(=O)N1CCC(NC(=NC)NCC(C)COCc2ccccc2)CC1.I. The first-order valence-electron chi connectivity index (χ1n) is 10.1. The molecule has 1 unspecified atom stereocenters. The zero-order valence-electron chi connectivity index (χ0n) is 17.7. The van der Waals surface area contributed by atoms with E-state index in [-0.39, 0.29) is 30.1 Å². The summed E-state index contributed by atoms with van der Waals surface area (Å²) >= 11 is 0. The molecular weight excluding hydrogens is 483 g/mol. The Morgan fingerprint density at radius 1 is 1.28 bits per heavy atom. The third kappa shape index (κ3) is 9.66. The van der Waals surface area contributed by atoms with Gasteiger partial charge >= 0.3 is 6.09 Å². The van der Waals surface area contributed by atoms with Crippen LogP contribution in [0.4, 0.5) is 4.79 Å². The predicted octanol–water partition coefficient (Wildman–Crippen LogP) is 3.24. The number of amides is 1. The molecule has 1 aliphatic heterocycles. The van der Waals surface area contributed by atoms with Gasteiger partial charge in [0.15, 0.2) is 5.96 Å². The van der Waals surface area contributed by atoms with E-state index < -0.39 is 0 Å². The number of nitrogens with one attached hydrogen (secondary N) is 2. The number of likely N-dealkylation sites (tertiary alicyclic amines) is 1. The highest BCUT2D eigenvalue weighted by atomic mass is 127. The number of hydrogen-bond acceptors (Lipinski definition) is 4. The van der Waals surface area contributed by atoms with Crippen LogP contribution in [0.5, 0.6) is 0 Å². The van der Waals surface area contributed by atoms with Gasteiger partial charge in [0.1, 0.15) is 0 Å². The molecule has 8 heteroatoms. The molecular formula is C21H35IN4O3. The Morgan fingerprint density at radius 3 is 2.59 bits per heavy atom. The largest absolute Gasteiger partial charge is 0.450 e. The van der Waals surface area contributed by atoms with Crippen LogP contribution in [0.2, 0.25) is 0 Å². The van der Waals surface area contributed by atoms with Crippen molar-refractivity contribution >= 4 is 36.0 Å². The average molecular weight is 518 g/mol. The summed E-state index contributed by atoms with van der Waals surface area (Å²) in [6.45, 7) is 7.93. The fourth-order valence-corrected chi connectivity index (χ4v) is 3.09. The van der Waals surface area contributed by atoms with E-state index in [1.54, 1.807) is 11.9 Å². The van der Waals surface area contributed by atoms with Gasteiger partial charge < -0.3 is 25.0 Å². The second-order valence-electron chi connectivity index (χ2n) is 7.16. The molecule has 1 aromatic rings. The molecule has 0 aromatic heterocycles. The lowest BCUT2D eigenvalue weighted by Crippen LogP contribution is -2.50. The maximum atomic E-state index is 11.8. The number of carbonyl (C=O) groups is 1. The summed E-state index contributed by atoms with van der Waals surface area (Å²) < 4.78 is 10.9. The van der Waals surface area contributed by atoms with E-state index in [2.05, 4.69) is 34.7 Å². The molecule has 7 nitrogen and oxygen atoms in total. The second-order valence-corrected chi connectivity index (χ2v) is 7.16. The third-order valence-electron chi connectivity index (χ3n) is 4.72. The number of piperidine rings is 1. The lowest BCUT2D eigenvalue weighted by Gasteiger charge is -2.32. The summed E-state index contributed by atoms with van der Waals surface area (Å²) in [5, 5.41) is 6.83. The van der Waals surface area contributed by atoms with Crippen molar-refractivity contribution in [1.82, 2.24) is 15.5 Å². The summed E-state index contributed by atoms with van der Waals surface area (Å²) in [6, 6.07) is 10.5. The Morgan fingerprint density at radius 2 is 1.97 bits per heavy atom. The van der Waals surface area contributed by atoms with Crippen LogP contribution in [0.25, 0.3) is 0 Å². The van der Waals surface area contributed by atoms with Crippen molar-refractivity contribution < 1.29 is 14.3 Å². The van der Waals surface area contributed by atoms with Gasteiger partial charge in [-0.15, -0.1) is 24.0 Å². The summed E-state index contributed by atoms with van der Waals surface area (Å²) in [6.07, 6.45) is 1.55. The number of nitrogens with zero attached hydrogens (tertiary/aromatic N) is 2. The van der Waals surface area contributed by atoms with Gasteiger partial charge in [-0.2, -0.15) is 0 Å². The first-order valence-corrected chi connectivity index (χ1v) is 10.1. The summed E-state index contributed by atoms with van der Waals surface area (Å²) in [5.74, 6) is 1.16. The Hall–Kier alpha value is -1.55. The Balaban J connectivity index is 0.00000420. The molecule has 0 saturated carbocycles. The Kier molecular flexibility index (Phi) is 12.7. The minimum Gasteiger partial charge on any atom is -0.450 e. The van der Waals surface area contributed by atoms with E-state index >= 15 is 0 Å². The molecule has 1 atom stereocenters. The number of rotatable bonds is 8. The minimum absolute atomic E-state index is 0. The van der Waals surface area contributed by atoms with Crippen LogP contribution in [0.3, 0.4) is 0 Å². The molecule has 1 aromatic carbocycles. The standard InChI is InChI=1S/C21H34N4O3.HI/c1-4-28-21(26)25-12-10-19(11-13-25)24-20(22-3)23-14-17(2)15-27-16-18-8-6-5-7-9-18;/h5-9,17,19H,4,10-16H2,1-3H3,(H2,22,23,24);1H. The topological polar surface area (TPSA) is 75.2 Å². The molecule has 1 amide bonds. The van der Waals surface area contributed by atoms with Crippen molar-refractivity contribution in [1.29, 1.82) is 0 Å². The van der Waals surface area contributed by atoms with Crippen molar-refractivity contribution in [2.24, 2.45) is 10.9 Å². The highest BCUT2D eigenvalue weighted by Gasteiger charge is 2.24. The van der Waals surface area contributed by atoms with Crippen LogP contribution in [-0.4, -0.2) is 62.9 Å². The van der Waals surface area contributed by atoms with Crippen LogP contribution in [0.1, 0.15) is 32.3 Å². The second kappa shape index (κ2) is 14.4. The number of carbonyl (C=O) groups excluding carboxylic acids is 1. The molecule has 29 heavy (non-hydrogen) atoms. The highest BCUT2D eigenvalue weighted by molar-refractivity contribution is 14.0. The van der Waals surface area contributed by atoms with E-state index in [1.165, 1.54) is 5.56 Å². The first-order chi connectivity index (χ1) is 13.6. The highest BCUT2D eigenvalue weighted by Crippen LogP contribution is 2.11. The Labute approximate surface area is 191 Å². The van der Waals surface area contributed by atoms with Gasteiger partial charge in [-0.25, -0.2) is 4.79 Å². The monoisotopic (exact) mass is 518 g/mol. The lowest BCUT2D eigenvalue weighted by atomic mass is 10.1. The molecule has 1 saturated heterocycles. The molecule has 2 N–H and O–H groups in total. The predicted molar refractivity (Wildman–Crippen MR) is 127 cm³/mol. The van der Waals surface area contributed by atoms with Crippen molar-refractivity contribution in [3.8, 4) is 0 Å². The number of ether oxygens (including phenoxy) is 2. The van der Waals surface area contributed by atoms with Gasteiger partial charge in [0.25, 0.3) is 0 Å². The van der Waals surface area contributed by atoms with E-state index in [4.69, 9.17) is 9.47 Å². The third-order valence-corrected chi connectivity index (χ3v) is 4.72. The molecule has 1 heterocycles. The fourth-order valence-electron chi connectivity index (χ4n) is 3.09. The van der Waals surface area contributed by atoms with Gasteiger partial charge in [-0.1, -0.05) is 37.3 Å². The van der Waals surface area contributed by atoms with Gasteiger partial charge in [-0.3, -0.25) is 4.99 Å².